The Hall–Kier alpha value is -3.60. The van der Waals surface area contributed by atoms with Crippen molar-refractivity contribution in [2.24, 2.45) is 0 Å². The van der Waals surface area contributed by atoms with Gasteiger partial charge < -0.3 is 14.8 Å². The molecule has 3 aromatic rings. The van der Waals surface area contributed by atoms with E-state index in [0.29, 0.717) is 17.9 Å². The molecule has 3 aromatic carbocycles. The molecule has 0 unspecified atom stereocenters. The van der Waals surface area contributed by atoms with Gasteiger partial charge in [0.1, 0.15) is 5.75 Å². The molecule has 1 N–H and O–H groups in total. The fraction of sp³-hybridized carbons (Fsp3) is 0.167. The SMILES string of the molecule is COC(=O)c1ccc(CNC(=O)COc2ccccc2Cc2ccccc2)cc1. The van der Waals surface area contributed by atoms with Gasteiger partial charge in [-0.3, -0.25) is 4.79 Å². The van der Waals surface area contributed by atoms with E-state index in [1.807, 2.05) is 42.5 Å². The summed E-state index contributed by atoms with van der Waals surface area (Å²) in [6, 6.07) is 24.8. The van der Waals surface area contributed by atoms with Crippen LogP contribution < -0.4 is 10.1 Å². The predicted molar refractivity (Wildman–Crippen MR) is 111 cm³/mol. The standard InChI is InChI=1S/C24H23NO4/c1-28-24(27)20-13-11-19(12-14-20)16-25-23(26)17-29-22-10-6-5-9-21(22)15-18-7-3-2-4-8-18/h2-14H,15-17H2,1H3,(H,25,26). The molecule has 0 saturated carbocycles. The highest BCUT2D eigenvalue weighted by molar-refractivity contribution is 5.89. The zero-order chi connectivity index (χ0) is 20.5. The maximum absolute atomic E-state index is 12.2. The maximum atomic E-state index is 12.2. The number of benzene rings is 3. The molecule has 0 bridgehead atoms. The van der Waals surface area contributed by atoms with E-state index in [1.54, 1.807) is 24.3 Å². The summed E-state index contributed by atoms with van der Waals surface area (Å²) in [6.45, 7) is 0.293. The van der Waals surface area contributed by atoms with Crippen molar-refractivity contribution in [1.82, 2.24) is 5.32 Å². The molecular formula is C24H23NO4. The number of carbonyl (C=O) groups excluding carboxylic acids is 2. The van der Waals surface area contributed by atoms with Gasteiger partial charge in [-0.05, 0) is 34.9 Å². The minimum atomic E-state index is -0.386. The number of hydrogen-bond donors (Lipinski definition) is 1. The summed E-state index contributed by atoms with van der Waals surface area (Å²) in [5.74, 6) is 0.105. The third-order valence-corrected chi connectivity index (χ3v) is 4.43. The summed E-state index contributed by atoms with van der Waals surface area (Å²) >= 11 is 0. The van der Waals surface area contributed by atoms with Gasteiger partial charge in [0.15, 0.2) is 6.61 Å². The molecule has 0 aliphatic rings. The molecule has 1 amide bonds. The average molecular weight is 389 g/mol. The van der Waals surface area contributed by atoms with E-state index in [0.717, 1.165) is 17.5 Å². The van der Waals surface area contributed by atoms with Crippen molar-refractivity contribution in [1.29, 1.82) is 0 Å². The summed E-state index contributed by atoms with van der Waals surface area (Å²) in [4.78, 5) is 23.6. The van der Waals surface area contributed by atoms with Crippen LogP contribution in [0.4, 0.5) is 0 Å². The van der Waals surface area contributed by atoms with Gasteiger partial charge >= 0.3 is 5.97 Å². The number of esters is 1. The van der Waals surface area contributed by atoms with Crippen LogP contribution >= 0.6 is 0 Å². The first kappa shape index (κ1) is 20.1. The number of ether oxygens (including phenoxy) is 2. The molecule has 0 saturated heterocycles. The molecule has 0 heterocycles. The molecule has 0 fully saturated rings. The number of para-hydroxylation sites is 1. The molecule has 3 rings (SSSR count). The van der Waals surface area contributed by atoms with Crippen LogP contribution in [0.1, 0.15) is 27.0 Å². The van der Waals surface area contributed by atoms with Crippen LogP contribution in [-0.4, -0.2) is 25.6 Å². The molecule has 148 valence electrons. The lowest BCUT2D eigenvalue weighted by molar-refractivity contribution is -0.123. The van der Waals surface area contributed by atoms with Gasteiger partial charge in [-0.2, -0.15) is 0 Å². The Morgan fingerprint density at radius 2 is 1.52 bits per heavy atom. The zero-order valence-electron chi connectivity index (χ0n) is 16.3. The monoisotopic (exact) mass is 389 g/mol. The van der Waals surface area contributed by atoms with Crippen molar-refractivity contribution < 1.29 is 19.1 Å². The molecule has 0 aromatic heterocycles. The molecule has 0 radical (unpaired) electrons. The summed E-state index contributed by atoms with van der Waals surface area (Å²) in [5, 5.41) is 2.82. The predicted octanol–water partition coefficient (Wildman–Crippen LogP) is 3.76. The summed E-state index contributed by atoms with van der Waals surface area (Å²) in [7, 11) is 1.34. The van der Waals surface area contributed by atoms with E-state index < -0.39 is 0 Å². The molecule has 0 atom stereocenters. The molecule has 5 heteroatoms. The van der Waals surface area contributed by atoms with Crippen LogP contribution in [0.5, 0.6) is 5.75 Å². The van der Waals surface area contributed by atoms with Crippen molar-refractivity contribution in [3.8, 4) is 5.75 Å². The third-order valence-electron chi connectivity index (χ3n) is 4.43. The van der Waals surface area contributed by atoms with Crippen molar-refractivity contribution in [3.05, 3.63) is 101 Å². The fourth-order valence-corrected chi connectivity index (χ4v) is 2.88. The molecule has 5 nitrogen and oxygen atoms in total. The van der Waals surface area contributed by atoms with Gasteiger partial charge in [0.25, 0.3) is 5.91 Å². The average Bonchev–Trinajstić information content (AvgIpc) is 2.77. The first-order chi connectivity index (χ1) is 14.2. The molecule has 0 spiro atoms. The second-order valence-electron chi connectivity index (χ2n) is 6.52. The van der Waals surface area contributed by atoms with E-state index in [9.17, 15) is 9.59 Å². The second-order valence-corrected chi connectivity index (χ2v) is 6.52. The zero-order valence-corrected chi connectivity index (χ0v) is 16.3. The lowest BCUT2D eigenvalue weighted by Gasteiger charge is -2.12. The van der Waals surface area contributed by atoms with Crippen molar-refractivity contribution in [2.75, 3.05) is 13.7 Å². The van der Waals surface area contributed by atoms with Crippen molar-refractivity contribution >= 4 is 11.9 Å². The highest BCUT2D eigenvalue weighted by atomic mass is 16.5. The van der Waals surface area contributed by atoms with Crippen LogP contribution in [0.3, 0.4) is 0 Å². The van der Waals surface area contributed by atoms with Gasteiger partial charge in [0.2, 0.25) is 0 Å². The van der Waals surface area contributed by atoms with Gasteiger partial charge in [-0.15, -0.1) is 0 Å². The lowest BCUT2D eigenvalue weighted by atomic mass is 10.0. The van der Waals surface area contributed by atoms with Crippen molar-refractivity contribution in [3.63, 3.8) is 0 Å². The molecule has 0 aliphatic heterocycles. The summed E-state index contributed by atoms with van der Waals surface area (Å²) in [5.41, 5.74) is 3.57. The maximum Gasteiger partial charge on any atom is 0.337 e. The van der Waals surface area contributed by atoms with Crippen LogP contribution in [-0.2, 0) is 22.5 Å². The normalized spacial score (nSPS) is 10.2. The third kappa shape index (κ3) is 5.94. The molecule has 0 aliphatic carbocycles. The van der Waals surface area contributed by atoms with Crippen LogP contribution in [0, 0.1) is 0 Å². The minimum absolute atomic E-state index is 0.0634. The number of methoxy groups -OCH3 is 1. The van der Waals surface area contributed by atoms with Crippen LogP contribution in [0.25, 0.3) is 0 Å². The van der Waals surface area contributed by atoms with E-state index in [4.69, 9.17) is 4.74 Å². The smallest absolute Gasteiger partial charge is 0.337 e. The number of rotatable bonds is 8. The van der Waals surface area contributed by atoms with E-state index in [-0.39, 0.29) is 18.5 Å². The number of hydrogen-bond acceptors (Lipinski definition) is 4. The van der Waals surface area contributed by atoms with E-state index in [1.165, 1.54) is 12.7 Å². The highest BCUT2D eigenvalue weighted by Gasteiger charge is 2.08. The second kappa shape index (κ2) is 10.1. The molecular weight excluding hydrogens is 366 g/mol. The Morgan fingerprint density at radius 1 is 0.828 bits per heavy atom. The van der Waals surface area contributed by atoms with Gasteiger partial charge in [-0.1, -0.05) is 60.7 Å². The topological polar surface area (TPSA) is 64.6 Å². The first-order valence-electron chi connectivity index (χ1n) is 9.34. The number of carbonyl (C=O) groups is 2. The number of amides is 1. The van der Waals surface area contributed by atoms with Crippen molar-refractivity contribution in [2.45, 2.75) is 13.0 Å². The summed E-state index contributed by atoms with van der Waals surface area (Å²) < 4.78 is 10.4. The first-order valence-corrected chi connectivity index (χ1v) is 9.34. The Labute approximate surface area is 170 Å². The Morgan fingerprint density at radius 3 is 2.24 bits per heavy atom. The van der Waals surface area contributed by atoms with E-state index >= 15 is 0 Å². The van der Waals surface area contributed by atoms with Gasteiger partial charge in [0.05, 0.1) is 12.7 Å². The Bertz CT molecular complexity index is 952. The van der Waals surface area contributed by atoms with Gasteiger partial charge in [-0.25, -0.2) is 4.79 Å². The highest BCUT2D eigenvalue weighted by Crippen LogP contribution is 2.21. The van der Waals surface area contributed by atoms with Crippen LogP contribution in [0.15, 0.2) is 78.9 Å². The largest absolute Gasteiger partial charge is 0.483 e. The fourth-order valence-electron chi connectivity index (χ4n) is 2.88. The summed E-state index contributed by atoms with van der Waals surface area (Å²) in [6.07, 6.45) is 0.741. The molecule has 29 heavy (non-hydrogen) atoms. The Balaban J connectivity index is 1.51. The van der Waals surface area contributed by atoms with Gasteiger partial charge in [0, 0.05) is 13.0 Å². The number of nitrogens with one attached hydrogen (secondary N) is 1. The van der Waals surface area contributed by atoms with Crippen LogP contribution in [0.2, 0.25) is 0 Å². The minimum Gasteiger partial charge on any atom is -0.483 e. The lowest BCUT2D eigenvalue weighted by Crippen LogP contribution is -2.28. The van der Waals surface area contributed by atoms with E-state index in [2.05, 4.69) is 22.2 Å². The quantitative estimate of drug-likeness (QED) is 0.596. The Kier molecular flexibility index (Phi) is 7.00.